The van der Waals surface area contributed by atoms with Gasteiger partial charge in [-0.15, -0.1) is 0 Å². The minimum atomic E-state index is -0.248. The summed E-state index contributed by atoms with van der Waals surface area (Å²) in [5, 5.41) is 12.3. The Morgan fingerprint density at radius 3 is 2.89 bits per heavy atom. The van der Waals surface area contributed by atoms with Crippen molar-refractivity contribution < 1.29 is 9.90 Å². The minimum Gasteiger partial charge on any atom is -0.396 e. The highest BCUT2D eigenvalue weighted by Crippen LogP contribution is 2.32. The Bertz CT molecular complexity index is 970. The maximum absolute atomic E-state index is 12.7. The molecule has 3 aromatic rings. The Morgan fingerprint density at radius 1 is 1.33 bits per heavy atom. The van der Waals surface area contributed by atoms with E-state index in [1.165, 1.54) is 0 Å². The number of nitrogens with one attached hydrogen (secondary N) is 2. The summed E-state index contributed by atoms with van der Waals surface area (Å²) in [5.74, 6) is -0.0983. The van der Waals surface area contributed by atoms with Crippen molar-refractivity contribution in [1.82, 2.24) is 20.3 Å². The van der Waals surface area contributed by atoms with E-state index in [4.69, 9.17) is 22.4 Å². The molecule has 0 saturated heterocycles. The van der Waals surface area contributed by atoms with Crippen LogP contribution in [0.2, 0.25) is 5.02 Å². The topological polar surface area (TPSA) is 117 Å². The largest absolute Gasteiger partial charge is 0.396 e. The molecule has 0 spiro atoms. The lowest BCUT2D eigenvalue weighted by atomic mass is 10.0. The quantitative estimate of drug-likeness (QED) is 0.487. The van der Waals surface area contributed by atoms with Crippen molar-refractivity contribution in [2.24, 2.45) is 0 Å². The second kappa shape index (κ2) is 8.20. The number of anilines is 1. The van der Waals surface area contributed by atoms with Crippen molar-refractivity contribution in [2.45, 2.75) is 13.3 Å². The molecule has 1 amide bonds. The molecule has 0 radical (unpaired) electrons. The van der Waals surface area contributed by atoms with Crippen molar-refractivity contribution >= 4 is 23.5 Å². The lowest BCUT2D eigenvalue weighted by Crippen LogP contribution is -2.25. The summed E-state index contributed by atoms with van der Waals surface area (Å²) >= 11 is 6.17. The molecule has 140 valence electrons. The van der Waals surface area contributed by atoms with Crippen LogP contribution in [0.5, 0.6) is 0 Å². The van der Waals surface area contributed by atoms with Crippen LogP contribution in [0.4, 0.5) is 5.95 Å². The molecule has 0 saturated carbocycles. The van der Waals surface area contributed by atoms with E-state index in [2.05, 4.69) is 20.3 Å². The maximum Gasteiger partial charge on any atom is 0.253 e. The van der Waals surface area contributed by atoms with Gasteiger partial charge in [0.15, 0.2) is 0 Å². The molecule has 0 atom stereocenters. The van der Waals surface area contributed by atoms with Crippen LogP contribution in [0.1, 0.15) is 22.3 Å². The first-order valence-electron chi connectivity index (χ1n) is 8.47. The predicted octanol–water partition coefficient (Wildman–Crippen LogP) is 2.79. The number of halogens is 1. The van der Waals surface area contributed by atoms with Crippen LogP contribution in [-0.4, -0.2) is 39.1 Å². The van der Waals surface area contributed by atoms with Gasteiger partial charge in [-0.3, -0.25) is 4.79 Å². The third kappa shape index (κ3) is 4.27. The number of amides is 1. The van der Waals surface area contributed by atoms with Gasteiger partial charge in [-0.2, -0.15) is 0 Å². The Morgan fingerprint density at radius 2 is 2.15 bits per heavy atom. The fourth-order valence-corrected chi connectivity index (χ4v) is 2.92. The molecule has 3 rings (SSSR count). The zero-order valence-corrected chi connectivity index (χ0v) is 15.5. The fraction of sp³-hybridized carbons (Fsp3) is 0.211. The summed E-state index contributed by atoms with van der Waals surface area (Å²) < 4.78 is 0. The summed E-state index contributed by atoms with van der Waals surface area (Å²) in [6, 6.07) is 8.95. The van der Waals surface area contributed by atoms with Crippen molar-refractivity contribution in [2.75, 3.05) is 18.9 Å². The molecule has 7 nitrogen and oxygen atoms in total. The monoisotopic (exact) mass is 385 g/mol. The van der Waals surface area contributed by atoms with Gasteiger partial charge in [-0.25, -0.2) is 9.97 Å². The Kier molecular flexibility index (Phi) is 5.73. The zero-order valence-electron chi connectivity index (χ0n) is 14.8. The Labute approximate surface area is 161 Å². The summed E-state index contributed by atoms with van der Waals surface area (Å²) in [7, 11) is 0. The number of H-pyrrole nitrogens is 1. The number of carbonyl (C=O) groups excluding carboxylic acids is 1. The summed E-state index contributed by atoms with van der Waals surface area (Å²) in [4.78, 5) is 24.1. The van der Waals surface area contributed by atoms with Crippen LogP contribution >= 0.6 is 11.6 Å². The predicted molar refractivity (Wildman–Crippen MR) is 105 cm³/mol. The maximum atomic E-state index is 12.7. The highest BCUT2D eigenvalue weighted by Gasteiger charge is 2.19. The number of nitrogens with zero attached hydrogens (tertiary/aromatic N) is 2. The van der Waals surface area contributed by atoms with Gasteiger partial charge < -0.3 is 21.1 Å². The molecule has 0 aliphatic carbocycles. The number of nitrogens with two attached hydrogens (primary N) is 1. The van der Waals surface area contributed by atoms with Gasteiger partial charge in [0.25, 0.3) is 5.91 Å². The number of aryl methyl sites for hydroxylation is 1. The number of carbonyl (C=O) groups is 1. The average Bonchev–Trinajstić information content (AvgIpc) is 3.09. The first-order valence-corrected chi connectivity index (χ1v) is 8.85. The van der Waals surface area contributed by atoms with E-state index >= 15 is 0 Å². The van der Waals surface area contributed by atoms with Crippen molar-refractivity contribution in [3.63, 3.8) is 0 Å². The number of aliphatic hydroxyl groups excluding tert-OH is 1. The molecule has 2 heterocycles. The smallest absolute Gasteiger partial charge is 0.253 e. The Balaban J connectivity index is 2.09. The molecule has 5 N–H and O–H groups in total. The van der Waals surface area contributed by atoms with Crippen molar-refractivity contribution in [3.05, 3.63) is 52.7 Å². The second-order valence-electron chi connectivity index (χ2n) is 6.06. The van der Waals surface area contributed by atoms with Gasteiger partial charge in [0.2, 0.25) is 5.95 Å². The number of benzene rings is 1. The van der Waals surface area contributed by atoms with E-state index < -0.39 is 0 Å². The van der Waals surface area contributed by atoms with Gasteiger partial charge in [0.05, 0.1) is 22.6 Å². The third-order valence-electron chi connectivity index (χ3n) is 4.10. The van der Waals surface area contributed by atoms with E-state index in [1.54, 1.807) is 24.4 Å². The molecule has 0 aliphatic rings. The number of aliphatic hydroxyl groups is 1. The number of hydrogen-bond acceptors (Lipinski definition) is 5. The van der Waals surface area contributed by atoms with E-state index in [9.17, 15) is 4.79 Å². The molecular formula is C19H20ClN5O2. The SMILES string of the molecule is Cc1ccc(Cl)cc1-c1[nH]c(-c2ccnc(N)n2)cc1C(=O)NCCCO. The van der Waals surface area contributed by atoms with Gasteiger partial charge in [-0.1, -0.05) is 17.7 Å². The molecular weight excluding hydrogens is 366 g/mol. The van der Waals surface area contributed by atoms with Crippen LogP contribution in [0.15, 0.2) is 36.5 Å². The van der Waals surface area contributed by atoms with Crippen molar-refractivity contribution in [1.29, 1.82) is 0 Å². The third-order valence-corrected chi connectivity index (χ3v) is 4.34. The standard InChI is InChI=1S/C19H20ClN5O2/c1-11-3-4-12(20)9-13(11)17-14(18(27)22-6-2-8-26)10-16(24-17)15-5-7-23-19(21)25-15/h3-5,7,9-10,24,26H,2,6,8H2,1H3,(H,22,27)(H2,21,23,25). The highest BCUT2D eigenvalue weighted by atomic mass is 35.5. The number of hydrogen-bond donors (Lipinski definition) is 4. The number of nitrogen functional groups attached to an aromatic ring is 1. The molecule has 0 aliphatic heterocycles. The van der Waals surface area contributed by atoms with E-state index in [1.807, 2.05) is 19.1 Å². The lowest BCUT2D eigenvalue weighted by molar-refractivity contribution is 0.0952. The average molecular weight is 386 g/mol. The van der Waals surface area contributed by atoms with Crippen LogP contribution < -0.4 is 11.1 Å². The van der Waals surface area contributed by atoms with E-state index in [0.717, 1.165) is 11.1 Å². The Hall–Kier alpha value is -2.90. The number of aromatic amines is 1. The number of aromatic nitrogens is 3. The molecule has 2 aromatic heterocycles. The minimum absolute atomic E-state index is 0.0130. The van der Waals surface area contributed by atoms with E-state index in [0.29, 0.717) is 40.6 Å². The van der Waals surface area contributed by atoms with Crippen LogP contribution in [0, 0.1) is 6.92 Å². The van der Waals surface area contributed by atoms with Gasteiger partial charge >= 0.3 is 0 Å². The molecule has 8 heteroatoms. The lowest BCUT2D eigenvalue weighted by Gasteiger charge is -2.09. The summed E-state index contributed by atoms with van der Waals surface area (Å²) in [5.41, 5.74) is 9.81. The normalized spacial score (nSPS) is 10.8. The molecule has 0 bridgehead atoms. The van der Waals surface area contributed by atoms with Crippen LogP contribution in [-0.2, 0) is 0 Å². The van der Waals surface area contributed by atoms with E-state index in [-0.39, 0.29) is 18.5 Å². The zero-order chi connectivity index (χ0) is 19.4. The molecule has 0 unspecified atom stereocenters. The second-order valence-corrected chi connectivity index (χ2v) is 6.50. The molecule has 0 fully saturated rings. The fourth-order valence-electron chi connectivity index (χ4n) is 2.75. The highest BCUT2D eigenvalue weighted by molar-refractivity contribution is 6.31. The first-order chi connectivity index (χ1) is 13.0. The van der Waals surface area contributed by atoms with Crippen LogP contribution in [0.3, 0.4) is 0 Å². The van der Waals surface area contributed by atoms with Crippen molar-refractivity contribution in [3.8, 4) is 22.6 Å². The number of rotatable bonds is 6. The summed E-state index contributed by atoms with van der Waals surface area (Å²) in [6.07, 6.45) is 2.04. The van der Waals surface area contributed by atoms with Crippen LogP contribution in [0.25, 0.3) is 22.6 Å². The molecule has 27 heavy (non-hydrogen) atoms. The van der Waals surface area contributed by atoms with Gasteiger partial charge in [0.1, 0.15) is 0 Å². The van der Waals surface area contributed by atoms with Gasteiger partial charge in [0, 0.05) is 29.9 Å². The first kappa shape index (κ1) is 18.9. The molecule has 1 aromatic carbocycles. The summed E-state index contributed by atoms with van der Waals surface area (Å²) in [6.45, 7) is 2.34. The van der Waals surface area contributed by atoms with Gasteiger partial charge in [-0.05, 0) is 43.2 Å².